The van der Waals surface area contributed by atoms with E-state index >= 15 is 0 Å². The van der Waals surface area contributed by atoms with Crippen LogP contribution in [0.1, 0.15) is 32.1 Å². The maximum Gasteiger partial charge on any atom is 0.400 e. The topological polar surface area (TPSA) is 152 Å². The summed E-state index contributed by atoms with van der Waals surface area (Å²) in [4.78, 5) is 0. The lowest BCUT2D eigenvalue weighted by atomic mass is 9.89. The van der Waals surface area contributed by atoms with Crippen molar-refractivity contribution in [2.75, 3.05) is 13.6 Å². The van der Waals surface area contributed by atoms with E-state index in [1.54, 1.807) is 0 Å². The summed E-state index contributed by atoms with van der Waals surface area (Å²) < 4.78 is 73.5. The Morgan fingerprint density at radius 3 is 1.90 bits per heavy atom. The fourth-order valence-corrected chi connectivity index (χ4v) is 6.60. The van der Waals surface area contributed by atoms with Crippen LogP contribution in [0.2, 0.25) is 0 Å². The van der Waals surface area contributed by atoms with Crippen LogP contribution in [0, 0.1) is 5.92 Å². The number of nitrogens with zero attached hydrogens (tertiary/aromatic N) is 4. The molecule has 0 aliphatic heterocycles. The number of rotatable bonds is 6. The van der Waals surface area contributed by atoms with Gasteiger partial charge in [-0.3, -0.25) is 0 Å². The van der Waals surface area contributed by atoms with Crippen molar-refractivity contribution in [1.29, 1.82) is 0 Å². The molecule has 1 aliphatic carbocycles. The molecule has 0 radical (unpaired) electrons. The molecule has 0 aromatic carbocycles. The zero-order valence-corrected chi connectivity index (χ0v) is 13.7. The van der Waals surface area contributed by atoms with E-state index < -0.39 is 26.0 Å². The highest BCUT2D eigenvalue weighted by molar-refractivity contribution is 8.98. The largest absolute Gasteiger partial charge is 0.400 e. The molecule has 1 saturated carbocycles. The second-order valence-corrected chi connectivity index (χ2v) is 13.1. The first-order chi connectivity index (χ1) is 9.64. The fraction of sp³-hybridized carbons (Fsp3) is 1.00. The Kier molecular flexibility index (Phi) is 5.92. The van der Waals surface area contributed by atoms with Crippen molar-refractivity contribution in [2.24, 2.45) is 25.2 Å². The predicted octanol–water partition coefficient (Wildman–Crippen LogP) is 1.01. The molecule has 0 aromatic rings. The second-order valence-electron chi connectivity index (χ2n) is 4.46. The van der Waals surface area contributed by atoms with Crippen molar-refractivity contribution in [3.05, 3.63) is 0 Å². The number of hydrogen-bond donors (Lipinski definition) is 0. The molecule has 0 N–H and O–H groups in total. The van der Waals surface area contributed by atoms with Crippen LogP contribution in [0.4, 0.5) is 0 Å². The molecule has 1 aliphatic rings. The van der Waals surface area contributed by atoms with Gasteiger partial charge >= 0.3 is 26.0 Å². The van der Waals surface area contributed by atoms with Crippen molar-refractivity contribution in [3.63, 3.8) is 0 Å². The molecule has 0 atom stereocenters. The molecule has 13 heteroatoms. The lowest BCUT2D eigenvalue weighted by Crippen LogP contribution is -2.21. The van der Waals surface area contributed by atoms with Crippen LogP contribution in [0.3, 0.4) is 0 Å². The Morgan fingerprint density at radius 2 is 1.38 bits per heavy atom. The van der Waals surface area contributed by atoms with E-state index in [1.165, 1.54) is 0 Å². The zero-order valence-electron chi connectivity index (χ0n) is 11.3. The van der Waals surface area contributed by atoms with E-state index in [4.69, 9.17) is 0 Å². The Labute approximate surface area is 122 Å². The van der Waals surface area contributed by atoms with Crippen LogP contribution in [0.5, 0.6) is 0 Å². The van der Waals surface area contributed by atoms with Gasteiger partial charge in [0.2, 0.25) is 0 Å². The molecule has 0 heterocycles. The summed E-state index contributed by atoms with van der Waals surface area (Å²) in [5, 5.41) is 6.09. The summed E-state index contributed by atoms with van der Waals surface area (Å²) in [5.41, 5.74) is 0. The number of hydrogen-bond acceptors (Lipinski definition) is 8. The van der Waals surface area contributed by atoms with Crippen molar-refractivity contribution in [1.82, 2.24) is 0 Å². The lowest BCUT2D eigenvalue weighted by molar-refractivity contribution is 0.364. The van der Waals surface area contributed by atoms with Gasteiger partial charge in [0.05, 0.1) is 13.6 Å². The summed E-state index contributed by atoms with van der Waals surface area (Å²) in [6, 6.07) is 0. The molecular formula is C8H16N4O6S3. The summed E-state index contributed by atoms with van der Waals surface area (Å²) in [6.07, 6.45) is 4.80. The van der Waals surface area contributed by atoms with Crippen LogP contribution in [0.15, 0.2) is 19.3 Å². The van der Waals surface area contributed by atoms with Crippen LogP contribution in [0.25, 0.3) is 0 Å². The van der Waals surface area contributed by atoms with Gasteiger partial charge < -0.3 is 0 Å². The molecule has 0 unspecified atom stereocenters. The Hall–Kier alpha value is -0.950. The molecule has 0 bridgehead atoms. The van der Waals surface area contributed by atoms with Gasteiger partial charge in [-0.2, -0.15) is 35.5 Å². The molecule has 0 spiro atoms. The first-order valence-electron chi connectivity index (χ1n) is 6.09. The molecule has 0 aromatic heterocycles. The molecule has 21 heavy (non-hydrogen) atoms. The Balaban J connectivity index is 2.90. The maximum atomic E-state index is 11.5. The van der Waals surface area contributed by atoms with E-state index in [2.05, 4.69) is 19.3 Å². The normalized spacial score (nSPS) is 19.5. The van der Waals surface area contributed by atoms with Gasteiger partial charge in [-0.1, -0.05) is 19.3 Å². The van der Waals surface area contributed by atoms with Gasteiger partial charge in [0.25, 0.3) is 0 Å². The third-order valence-electron chi connectivity index (χ3n) is 2.92. The molecule has 0 saturated heterocycles. The van der Waals surface area contributed by atoms with E-state index in [9.17, 15) is 25.3 Å². The first kappa shape index (κ1) is 18.1. The summed E-state index contributed by atoms with van der Waals surface area (Å²) >= 11 is 0. The second kappa shape index (κ2) is 6.87. The Bertz CT molecular complexity index is 716. The standard InChI is InChI=1S/C8H16N4O6S3/c1-9-11-19(13,14)21(17,18)20(15,16)12-10-7-8-5-3-2-4-6-8/h8H,2-7H2,1H3. The molecule has 1 fully saturated rings. The first-order valence-corrected chi connectivity index (χ1v) is 11.5. The van der Waals surface area contributed by atoms with Gasteiger partial charge in [-0.05, 0) is 27.8 Å². The Morgan fingerprint density at radius 1 is 0.857 bits per heavy atom. The van der Waals surface area contributed by atoms with Crippen molar-refractivity contribution < 1.29 is 25.3 Å². The summed E-state index contributed by atoms with van der Waals surface area (Å²) in [6.45, 7) is 0.0457. The molecule has 1 rings (SSSR count). The average molecular weight is 360 g/mol. The van der Waals surface area contributed by atoms with E-state index in [1.807, 2.05) is 0 Å². The van der Waals surface area contributed by atoms with Gasteiger partial charge in [-0.25, -0.2) is 0 Å². The predicted molar refractivity (Wildman–Crippen MR) is 73.8 cm³/mol. The fourth-order valence-electron chi connectivity index (χ4n) is 1.88. The van der Waals surface area contributed by atoms with E-state index in [-0.39, 0.29) is 12.5 Å². The third kappa shape index (κ3) is 4.26. The smallest absolute Gasteiger partial charge is 0.192 e. The molecule has 10 nitrogen and oxygen atoms in total. The van der Waals surface area contributed by atoms with Crippen molar-refractivity contribution in [2.45, 2.75) is 32.1 Å². The average Bonchev–Trinajstić information content (AvgIpc) is 2.39. The minimum absolute atomic E-state index is 0.0457. The molecule has 122 valence electrons. The molecule has 0 amide bonds. The molecular weight excluding hydrogens is 344 g/mol. The van der Waals surface area contributed by atoms with Crippen LogP contribution in [-0.2, 0) is 26.0 Å². The van der Waals surface area contributed by atoms with Gasteiger partial charge in [0, 0.05) is 0 Å². The van der Waals surface area contributed by atoms with Crippen molar-refractivity contribution in [3.8, 4) is 0 Å². The SMILES string of the molecule is CN=NS(=O)(=O)S(=O)(=O)S(=O)(=O)N=NCC1CCCCC1. The monoisotopic (exact) mass is 360 g/mol. The third-order valence-corrected chi connectivity index (χ3v) is 11.2. The minimum Gasteiger partial charge on any atom is -0.192 e. The van der Waals surface area contributed by atoms with E-state index in [0.717, 1.165) is 39.2 Å². The van der Waals surface area contributed by atoms with Gasteiger partial charge in [-0.15, -0.1) is 0 Å². The highest BCUT2D eigenvalue weighted by Gasteiger charge is 2.44. The minimum atomic E-state index is -5.68. The summed E-state index contributed by atoms with van der Waals surface area (Å²) in [7, 11) is -15.5. The van der Waals surface area contributed by atoms with Crippen LogP contribution in [-0.4, -0.2) is 38.8 Å². The van der Waals surface area contributed by atoms with Gasteiger partial charge in [0.15, 0.2) is 0 Å². The zero-order chi connectivity index (χ0) is 16.1. The van der Waals surface area contributed by atoms with Crippen molar-refractivity contribution >= 4 is 26.0 Å². The summed E-state index contributed by atoms with van der Waals surface area (Å²) in [5.74, 6) is 0.132. The highest BCUT2D eigenvalue weighted by atomic mass is 33.6. The maximum absolute atomic E-state index is 11.5. The van der Waals surface area contributed by atoms with Crippen LogP contribution >= 0.6 is 0 Å². The highest BCUT2D eigenvalue weighted by Crippen LogP contribution is 2.24. The van der Waals surface area contributed by atoms with E-state index in [0.29, 0.717) is 0 Å². The van der Waals surface area contributed by atoms with Gasteiger partial charge in [0.1, 0.15) is 0 Å². The quantitative estimate of drug-likeness (QED) is 0.509. The van der Waals surface area contributed by atoms with Crippen LogP contribution < -0.4 is 0 Å². The lowest BCUT2D eigenvalue weighted by Gasteiger charge is -2.18.